The van der Waals surface area contributed by atoms with Crippen LogP contribution in [-0.2, 0) is 14.3 Å². The number of aliphatic hydroxyl groups is 4. The van der Waals surface area contributed by atoms with Gasteiger partial charge in [0.05, 0.1) is 31.5 Å². The van der Waals surface area contributed by atoms with Crippen molar-refractivity contribution in [2.45, 2.75) is 281 Å². The smallest absolute Gasteiger partial charge is 0.220 e. The molecule has 0 aromatic carbocycles. The predicted octanol–water partition coefficient (Wildman–Crippen LogP) is 10.7. The maximum Gasteiger partial charge on any atom is 0.220 e. The first-order valence-corrected chi connectivity index (χ1v) is 24.8. The van der Waals surface area contributed by atoms with Gasteiger partial charge in [0.2, 0.25) is 5.91 Å². The Morgan fingerprint density at radius 1 is 0.632 bits per heavy atom. The molecule has 0 bridgehead atoms. The first-order chi connectivity index (χ1) is 27.9. The minimum atomic E-state index is -1.18. The zero-order valence-electron chi connectivity index (χ0n) is 37.3. The summed E-state index contributed by atoms with van der Waals surface area (Å²) in [7, 11) is 0. The lowest BCUT2D eigenvalue weighted by Crippen LogP contribution is -2.52. The van der Waals surface area contributed by atoms with E-state index in [1.54, 1.807) is 0 Å². The molecule has 6 atom stereocenters. The second kappa shape index (κ2) is 40.6. The Kier molecular flexibility index (Phi) is 38.6. The molecule has 1 rings (SSSR count). The third-order valence-corrected chi connectivity index (χ3v) is 12.2. The monoisotopic (exact) mass is 813 g/mol. The molecular weight excluding hydrogens is 717 g/mol. The van der Waals surface area contributed by atoms with Crippen LogP contribution in [0.1, 0.15) is 244 Å². The van der Waals surface area contributed by atoms with Gasteiger partial charge in [0.15, 0.2) is 6.29 Å². The third kappa shape index (κ3) is 32.6. The molecule has 0 aromatic rings. The molecule has 1 saturated heterocycles. The van der Waals surface area contributed by atoms with Crippen LogP contribution in [0.3, 0.4) is 0 Å². The van der Waals surface area contributed by atoms with Crippen molar-refractivity contribution >= 4 is 5.91 Å². The van der Waals surface area contributed by atoms with E-state index in [9.17, 15) is 25.2 Å². The van der Waals surface area contributed by atoms with Crippen LogP contribution < -0.4 is 11.1 Å². The Morgan fingerprint density at radius 2 is 1.02 bits per heavy atom. The molecule has 5 unspecified atom stereocenters. The summed E-state index contributed by atoms with van der Waals surface area (Å²) in [6, 6.07) is -0.595. The lowest BCUT2D eigenvalue weighted by Gasteiger charge is -2.37. The highest BCUT2D eigenvalue weighted by molar-refractivity contribution is 5.76. The Morgan fingerprint density at radius 3 is 1.42 bits per heavy atom. The van der Waals surface area contributed by atoms with Gasteiger partial charge in [0.1, 0.15) is 12.2 Å². The van der Waals surface area contributed by atoms with Crippen molar-refractivity contribution in [3.05, 3.63) is 0 Å². The number of unbranched alkanes of at least 4 members (excludes halogenated alkanes) is 32. The Hall–Kier alpha value is -0.810. The topological polar surface area (TPSA) is 155 Å². The van der Waals surface area contributed by atoms with Crippen molar-refractivity contribution in [1.29, 1.82) is 0 Å². The predicted molar refractivity (Wildman–Crippen MR) is 237 cm³/mol. The molecule has 0 saturated carbocycles. The SMILES string of the molecule is CCCCCCCCCCCCCCCCCCCCCCCC(=O)N[C@@H](COC1CC(O)C(O)C(CO)O1)C(O)CCCCCCCCCCCCCCCN. The molecule has 1 fully saturated rings. The zero-order chi connectivity index (χ0) is 41.4. The number of carbonyl (C=O) groups excluding carboxylic acids is 1. The molecule has 57 heavy (non-hydrogen) atoms. The second-order valence-electron chi connectivity index (χ2n) is 17.6. The number of hydrogen-bond donors (Lipinski definition) is 6. The molecule has 1 amide bonds. The fourth-order valence-electron chi connectivity index (χ4n) is 8.27. The van der Waals surface area contributed by atoms with Gasteiger partial charge in [0, 0.05) is 12.8 Å². The highest BCUT2D eigenvalue weighted by Gasteiger charge is 2.37. The molecule has 0 aliphatic carbocycles. The van der Waals surface area contributed by atoms with E-state index in [2.05, 4.69) is 12.2 Å². The normalized spacial score (nSPS) is 19.5. The number of rotatable bonds is 43. The number of carbonyl (C=O) groups is 1. The second-order valence-corrected chi connectivity index (χ2v) is 17.6. The van der Waals surface area contributed by atoms with E-state index in [1.807, 2.05) is 0 Å². The van der Waals surface area contributed by atoms with Gasteiger partial charge in [-0.15, -0.1) is 0 Å². The van der Waals surface area contributed by atoms with E-state index < -0.39 is 43.4 Å². The van der Waals surface area contributed by atoms with Crippen molar-refractivity contribution in [3.63, 3.8) is 0 Å². The molecular formula is C48H96N2O7. The summed E-state index contributed by atoms with van der Waals surface area (Å²) in [4.78, 5) is 13.0. The van der Waals surface area contributed by atoms with Crippen molar-refractivity contribution in [3.8, 4) is 0 Å². The number of ether oxygens (including phenoxy) is 2. The first kappa shape index (κ1) is 54.2. The van der Waals surface area contributed by atoms with E-state index in [1.165, 1.54) is 173 Å². The van der Waals surface area contributed by atoms with E-state index in [0.717, 1.165) is 51.5 Å². The van der Waals surface area contributed by atoms with Crippen molar-refractivity contribution in [2.75, 3.05) is 19.8 Å². The Labute approximate surface area is 351 Å². The molecule has 0 radical (unpaired) electrons. The van der Waals surface area contributed by atoms with Gasteiger partial charge in [-0.2, -0.15) is 0 Å². The van der Waals surface area contributed by atoms with Gasteiger partial charge in [-0.3, -0.25) is 4.79 Å². The van der Waals surface area contributed by atoms with E-state index in [0.29, 0.717) is 12.8 Å². The maximum atomic E-state index is 13.0. The van der Waals surface area contributed by atoms with Crippen molar-refractivity contribution < 1.29 is 34.7 Å². The molecule has 1 aliphatic heterocycles. The molecule has 1 heterocycles. The van der Waals surface area contributed by atoms with E-state index >= 15 is 0 Å². The maximum absolute atomic E-state index is 13.0. The highest BCUT2D eigenvalue weighted by Crippen LogP contribution is 2.22. The van der Waals surface area contributed by atoms with Crippen LogP contribution >= 0.6 is 0 Å². The van der Waals surface area contributed by atoms with Crippen LogP contribution in [0.15, 0.2) is 0 Å². The summed E-state index contributed by atoms with van der Waals surface area (Å²) < 4.78 is 11.5. The Bertz CT molecular complexity index is 852. The molecule has 1 aliphatic rings. The van der Waals surface area contributed by atoms with Crippen LogP contribution in [0.25, 0.3) is 0 Å². The number of amides is 1. The number of aliphatic hydroxyl groups excluding tert-OH is 4. The molecule has 0 aromatic heterocycles. The summed E-state index contributed by atoms with van der Waals surface area (Å²) in [6.07, 6.45) is 40.0. The minimum absolute atomic E-state index is 0.0326. The Balaban J connectivity index is 2.19. The minimum Gasteiger partial charge on any atom is -0.394 e. The number of nitrogens with two attached hydrogens (primary N) is 1. The van der Waals surface area contributed by atoms with E-state index in [4.69, 9.17) is 15.2 Å². The summed E-state index contributed by atoms with van der Waals surface area (Å²) in [5, 5.41) is 44.0. The molecule has 7 N–H and O–H groups in total. The highest BCUT2D eigenvalue weighted by atomic mass is 16.7. The summed E-state index contributed by atoms with van der Waals surface area (Å²) in [5.74, 6) is -0.0794. The van der Waals surface area contributed by atoms with Crippen LogP contribution in [0.4, 0.5) is 0 Å². The van der Waals surface area contributed by atoms with Gasteiger partial charge >= 0.3 is 0 Å². The van der Waals surface area contributed by atoms with Crippen LogP contribution in [0.2, 0.25) is 0 Å². The van der Waals surface area contributed by atoms with Crippen molar-refractivity contribution in [2.24, 2.45) is 5.73 Å². The van der Waals surface area contributed by atoms with E-state index in [-0.39, 0.29) is 18.9 Å². The lowest BCUT2D eigenvalue weighted by molar-refractivity contribution is -0.259. The lowest BCUT2D eigenvalue weighted by atomic mass is 10.0. The summed E-state index contributed by atoms with van der Waals surface area (Å²) >= 11 is 0. The van der Waals surface area contributed by atoms with Gasteiger partial charge in [-0.1, -0.05) is 212 Å². The fourth-order valence-corrected chi connectivity index (χ4v) is 8.27. The molecule has 340 valence electrons. The number of nitrogens with one attached hydrogen (secondary N) is 1. The van der Waals surface area contributed by atoms with Crippen LogP contribution in [0.5, 0.6) is 0 Å². The van der Waals surface area contributed by atoms with Gasteiger partial charge < -0.3 is 41.0 Å². The quantitative estimate of drug-likeness (QED) is 0.0333. The summed E-state index contributed by atoms with van der Waals surface area (Å²) in [6.45, 7) is 2.69. The number of hydrogen-bond acceptors (Lipinski definition) is 8. The third-order valence-electron chi connectivity index (χ3n) is 12.2. The summed E-state index contributed by atoms with van der Waals surface area (Å²) in [5.41, 5.74) is 5.57. The average Bonchev–Trinajstić information content (AvgIpc) is 3.21. The van der Waals surface area contributed by atoms with Crippen molar-refractivity contribution in [1.82, 2.24) is 5.32 Å². The largest absolute Gasteiger partial charge is 0.394 e. The molecule has 0 spiro atoms. The van der Waals surface area contributed by atoms with Gasteiger partial charge in [0.25, 0.3) is 0 Å². The average molecular weight is 813 g/mol. The van der Waals surface area contributed by atoms with Gasteiger partial charge in [-0.05, 0) is 25.8 Å². The van der Waals surface area contributed by atoms with Crippen LogP contribution in [-0.4, -0.2) is 82.8 Å². The molecule has 9 heteroatoms. The van der Waals surface area contributed by atoms with Crippen LogP contribution in [0, 0.1) is 0 Å². The standard InChI is InChI=1S/C48H96N2O7/c1-2-3-4-5-6-7-8-9-10-11-12-13-14-15-16-19-22-25-28-31-34-37-46(54)50-42(41-56-47-39-44(53)48(55)45(40-51)57-47)43(52)36-33-30-27-24-21-18-17-20-23-26-29-32-35-38-49/h42-45,47-48,51-53,55H,2-41,49H2,1H3,(H,50,54)/t42-,43?,44?,45?,47?,48?/m0/s1. The van der Waals surface area contributed by atoms with Gasteiger partial charge in [-0.25, -0.2) is 0 Å². The molecule has 9 nitrogen and oxygen atoms in total. The fraction of sp³-hybridized carbons (Fsp3) is 0.979. The zero-order valence-corrected chi connectivity index (χ0v) is 37.3. The first-order valence-electron chi connectivity index (χ1n) is 24.8.